The molecule has 0 saturated carbocycles. The molecule has 4 heteroatoms. The van der Waals surface area contributed by atoms with E-state index in [1.807, 2.05) is 12.1 Å². The van der Waals surface area contributed by atoms with Gasteiger partial charge in [0.25, 0.3) is 0 Å². The van der Waals surface area contributed by atoms with Crippen molar-refractivity contribution in [2.75, 3.05) is 0 Å². The van der Waals surface area contributed by atoms with E-state index in [4.69, 9.17) is 0 Å². The monoisotopic (exact) mass is 263 g/mol. The van der Waals surface area contributed by atoms with Crippen LogP contribution in [-0.4, -0.2) is 15.0 Å². The van der Waals surface area contributed by atoms with Crippen LogP contribution in [0.2, 0.25) is 0 Å². The second-order valence-corrected chi connectivity index (χ2v) is 3.94. The molecule has 0 spiro atoms. The van der Waals surface area contributed by atoms with Crippen molar-refractivity contribution in [3.05, 3.63) is 40.9 Å². The minimum Gasteiger partial charge on any atom is -0.264 e. The molecule has 2 heterocycles. The van der Waals surface area contributed by atoms with Crippen LogP contribution in [0.4, 0.5) is 0 Å². The molecule has 0 aliphatic heterocycles. The molecule has 76 valence electrons. The van der Waals surface area contributed by atoms with Crippen LogP contribution in [-0.2, 0) is 6.42 Å². The molecule has 2 aromatic heterocycles. The molecule has 0 bridgehead atoms. The normalized spacial score (nSPS) is 10.3. The summed E-state index contributed by atoms with van der Waals surface area (Å²) in [5.41, 5.74) is 1.96. The molecule has 0 radical (unpaired) electrons. The van der Waals surface area contributed by atoms with Gasteiger partial charge < -0.3 is 0 Å². The minimum atomic E-state index is 0.725. The molecule has 0 aliphatic carbocycles. The fraction of sp³-hybridized carbons (Fsp3) is 0.182. The summed E-state index contributed by atoms with van der Waals surface area (Å²) in [4.78, 5) is 12.8. The van der Waals surface area contributed by atoms with E-state index in [1.54, 1.807) is 18.6 Å². The standard InChI is InChI=1S/C11H10BrN3/c1-2-10-9(12)7-14-11(15-10)8-4-3-5-13-6-8/h3-7H,2H2,1H3. The van der Waals surface area contributed by atoms with Gasteiger partial charge in [-0.05, 0) is 34.5 Å². The average molecular weight is 264 g/mol. The smallest absolute Gasteiger partial charge is 0.161 e. The molecular weight excluding hydrogens is 254 g/mol. The zero-order valence-electron chi connectivity index (χ0n) is 8.31. The molecule has 3 nitrogen and oxygen atoms in total. The van der Waals surface area contributed by atoms with Crippen LogP contribution < -0.4 is 0 Å². The van der Waals surface area contributed by atoms with Crippen LogP contribution in [0.5, 0.6) is 0 Å². The Morgan fingerprint density at radius 1 is 1.33 bits per heavy atom. The number of nitrogens with zero attached hydrogens (tertiary/aromatic N) is 3. The number of hydrogen-bond donors (Lipinski definition) is 0. The predicted molar refractivity (Wildman–Crippen MR) is 62.3 cm³/mol. The van der Waals surface area contributed by atoms with Crippen molar-refractivity contribution in [2.24, 2.45) is 0 Å². The summed E-state index contributed by atoms with van der Waals surface area (Å²) in [6.07, 6.45) is 6.18. The van der Waals surface area contributed by atoms with Crippen molar-refractivity contribution in [3.8, 4) is 11.4 Å². The summed E-state index contributed by atoms with van der Waals surface area (Å²) in [6.45, 7) is 2.07. The number of aryl methyl sites for hydroxylation is 1. The Morgan fingerprint density at radius 2 is 2.20 bits per heavy atom. The van der Waals surface area contributed by atoms with Crippen molar-refractivity contribution in [1.82, 2.24) is 15.0 Å². The number of hydrogen-bond acceptors (Lipinski definition) is 3. The predicted octanol–water partition coefficient (Wildman–Crippen LogP) is 2.86. The van der Waals surface area contributed by atoms with Gasteiger partial charge in [-0.2, -0.15) is 0 Å². The summed E-state index contributed by atoms with van der Waals surface area (Å²) < 4.78 is 0.956. The molecule has 2 aromatic rings. The second kappa shape index (κ2) is 4.49. The van der Waals surface area contributed by atoms with Crippen LogP contribution >= 0.6 is 15.9 Å². The van der Waals surface area contributed by atoms with E-state index in [9.17, 15) is 0 Å². The third-order valence-electron chi connectivity index (χ3n) is 2.07. The molecule has 2 rings (SSSR count). The number of halogens is 1. The first kappa shape index (κ1) is 10.2. The SMILES string of the molecule is CCc1nc(-c2cccnc2)ncc1Br. The van der Waals surface area contributed by atoms with E-state index in [0.717, 1.165) is 28.0 Å². The zero-order chi connectivity index (χ0) is 10.7. The van der Waals surface area contributed by atoms with Gasteiger partial charge in [0.05, 0.1) is 10.2 Å². The molecule has 0 atom stereocenters. The maximum Gasteiger partial charge on any atom is 0.161 e. The van der Waals surface area contributed by atoms with E-state index in [0.29, 0.717) is 0 Å². The fourth-order valence-corrected chi connectivity index (χ4v) is 1.76. The largest absolute Gasteiger partial charge is 0.264 e. The zero-order valence-corrected chi connectivity index (χ0v) is 9.90. The lowest BCUT2D eigenvalue weighted by atomic mass is 10.2. The Labute approximate surface area is 96.7 Å². The van der Waals surface area contributed by atoms with Crippen LogP contribution in [0.25, 0.3) is 11.4 Å². The third-order valence-corrected chi connectivity index (χ3v) is 2.73. The van der Waals surface area contributed by atoms with Crippen LogP contribution in [0, 0.1) is 0 Å². The van der Waals surface area contributed by atoms with Crippen molar-refractivity contribution >= 4 is 15.9 Å². The van der Waals surface area contributed by atoms with Gasteiger partial charge in [-0.15, -0.1) is 0 Å². The summed E-state index contributed by atoms with van der Waals surface area (Å²) in [7, 11) is 0. The third kappa shape index (κ3) is 2.21. The first-order valence-electron chi connectivity index (χ1n) is 4.73. The van der Waals surface area contributed by atoms with E-state index in [-0.39, 0.29) is 0 Å². The molecule has 15 heavy (non-hydrogen) atoms. The lowest BCUT2D eigenvalue weighted by molar-refractivity contribution is 0.989. The van der Waals surface area contributed by atoms with Crippen molar-refractivity contribution < 1.29 is 0 Å². The van der Waals surface area contributed by atoms with Gasteiger partial charge in [-0.3, -0.25) is 4.98 Å². The number of rotatable bonds is 2. The van der Waals surface area contributed by atoms with Crippen LogP contribution in [0.3, 0.4) is 0 Å². The van der Waals surface area contributed by atoms with Crippen LogP contribution in [0.1, 0.15) is 12.6 Å². The highest BCUT2D eigenvalue weighted by molar-refractivity contribution is 9.10. The molecule has 0 N–H and O–H groups in total. The van der Waals surface area contributed by atoms with E-state index < -0.39 is 0 Å². The highest BCUT2D eigenvalue weighted by atomic mass is 79.9. The van der Waals surface area contributed by atoms with Gasteiger partial charge in [0.15, 0.2) is 5.82 Å². The molecule has 0 amide bonds. The van der Waals surface area contributed by atoms with E-state index in [2.05, 4.69) is 37.8 Å². The number of aromatic nitrogens is 3. The first-order valence-corrected chi connectivity index (χ1v) is 5.52. The Morgan fingerprint density at radius 3 is 2.87 bits per heavy atom. The molecule has 0 saturated heterocycles. The van der Waals surface area contributed by atoms with Gasteiger partial charge in [-0.25, -0.2) is 9.97 Å². The summed E-state index contributed by atoms with van der Waals surface area (Å²) >= 11 is 3.42. The quantitative estimate of drug-likeness (QED) is 0.837. The summed E-state index contributed by atoms with van der Waals surface area (Å²) in [6, 6.07) is 3.84. The topological polar surface area (TPSA) is 38.7 Å². The highest BCUT2D eigenvalue weighted by Gasteiger charge is 2.04. The van der Waals surface area contributed by atoms with Gasteiger partial charge in [0, 0.05) is 24.2 Å². The van der Waals surface area contributed by atoms with Gasteiger partial charge in [0.2, 0.25) is 0 Å². The van der Waals surface area contributed by atoms with Gasteiger partial charge >= 0.3 is 0 Å². The second-order valence-electron chi connectivity index (χ2n) is 3.08. The summed E-state index contributed by atoms with van der Waals surface area (Å²) in [5.74, 6) is 0.725. The molecular formula is C11H10BrN3. The lowest BCUT2D eigenvalue weighted by Gasteiger charge is -2.03. The molecule has 0 unspecified atom stereocenters. The van der Waals surface area contributed by atoms with Crippen molar-refractivity contribution in [2.45, 2.75) is 13.3 Å². The van der Waals surface area contributed by atoms with Crippen molar-refractivity contribution in [3.63, 3.8) is 0 Å². The highest BCUT2D eigenvalue weighted by Crippen LogP contribution is 2.18. The van der Waals surface area contributed by atoms with Gasteiger partial charge in [-0.1, -0.05) is 6.92 Å². The molecule has 0 fully saturated rings. The van der Waals surface area contributed by atoms with Crippen LogP contribution in [0.15, 0.2) is 35.2 Å². The lowest BCUT2D eigenvalue weighted by Crippen LogP contribution is -1.95. The van der Waals surface area contributed by atoms with E-state index in [1.165, 1.54) is 0 Å². The Bertz CT molecular complexity index is 457. The minimum absolute atomic E-state index is 0.725. The Balaban J connectivity index is 2.46. The fourth-order valence-electron chi connectivity index (χ4n) is 1.28. The first-order chi connectivity index (χ1) is 7.31. The summed E-state index contributed by atoms with van der Waals surface area (Å²) in [5, 5.41) is 0. The molecule has 0 aliphatic rings. The number of pyridine rings is 1. The van der Waals surface area contributed by atoms with Crippen molar-refractivity contribution in [1.29, 1.82) is 0 Å². The van der Waals surface area contributed by atoms with E-state index >= 15 is 0 Å². The Hall–Kier alpha value is -1.29. The molecule has 0 aromatic carbocycles. The average Bonchev–Trinajstić information content (AvgIpc) is 2.31. The maximum atomic E-state index is 4.46. The van der Waals surface area contributed by atoms with Gasteiger partial charge in [0.1, 0.15) is 0 Å². The maximum absolute atomic E-state index is 4.46. The Kier molecular flexibility index (Phi) is 3.06.